The van der Waals surface area contributed by atoms with E-state index in [4.69, 9.17) is 5.11 Å². The van der Waals surface area contributed by atoms with Crippen molar-refractivity contribution in [1.82, 2.24) is 5.32 Å². The number of halogens is 6. The molecule has 0 fully saturated rings. The number of carboxylic acids is 1. The van der Waals surface area contributed by atoms with E-state index in [0.717, 1.165) is 24.3 Å². The monoisotopic (exact) mass is 447 g/mol. The molecule has 4 nitrogen and oxygen atoms in total. The van der Waals surface area contributed by atoms with Crippen LogP contribution in [0.25, 0.3) is 11.1 Å². The molecule has 2 N–H and O–H groups in total. The maximum absolute atomic E-state index is 13.3. The van der Waals surface area contributed by atoms with E-state index < -0.39 is 35.9 Å². The minimum Gasteiger partial charge on any atom is -0.481 e. The summed E-state index contributed by atoms with van der Waals surface area (Å²) in [5, 5.41) is 11.8. The molecule has 0 bridgehead atoms. The third-order valence-electron chi connectivity index (χ3n) is 4.39. The molecule has 0 heterocycles. The molecular formula is C21H19F6NO3. The number of ketones is 1. The topological polar surface area (TPSA) is 66.4 Å². The standard InChI is InChI=1S/C21H19F6NO3/c1-12(29)4-5-28-11-15-10-16(20(22,23)24)2-3-18(15)14-6-13(8-19(30)31)7-17(9-14)21(25,26)27/h2-3,6-7,9-10,28H,4-5,8,11H2,1H3,(H,30,31). The highest BCUT2D eigenvalue weighted by Crippen LogP contribution is 2.37. The zero-order valence-corrected chi connectivity index (χ0v) is 16.3. The summed E-state index contributed by atoms with van der Waals surface area (Å²) in [7, 11) is 0. The molecule has 0 aliphatic rings. The van der Waals surface area contributed by atoms with Gasteiger partial charge in [-0.15, -0.1) is 0 Å². The molecule has 0 radical (unpaired) electrons. The molecule has 0 aliphatic carbocycles. The van der Waals surface area contributed by atoms with Crippen LogP contribution >= 0.6 is 0 Å². The van der Waals surface area contributed by atoms with E-state index in [1.807, 2.05) is 0 Å². The first kappa shape index (κ1) is 24.4. The van der Waals surface area contributed by atoms with Crippen LogP contribution in [0.3, 0.4) is 0 Å². The molecule has 2 rings (SSSR count). The lowest BCUT2D eigenvalue weighted by molar-refractivity contribution is -0.138. The highest BCUT2D eigenvalue weighted by atomic mass is 19.4. The number of carboxylic acid groups (broad SMARTS) is 1. The number of carbonyl (C=O) groups excluding carboxylic acids is 1. The van der Waals surface area contributed by atoms with Crippen LogP contribution in [0, 0.1) is 0 Å². The molecule has 0 saturated heterocycles. The van der Waals surface area contributed by atoms with E-state index in [1.54, 1.807) is 0 Å². The van der Waals surface area contributed by atoms with Crippen molar-refractivity contribution in [2.75, 3.05) is 6.54 Å². The summed E-state index contributed by atoms with van der Waals surface area (Å²) in [4.78, 5) is 22.0. The van der Waals surface area contributed by atoms with Gasteiger partial charge in [-0.1, -0.05) is 12.1 Å². The molecule has 0 spiro atoms. The van der Waals surface area contributed by atoms with E-state index in [-0.39, 0.29) is 47.5 Å². The number of benzene rings is 2. The Morgan fingerprint density at radius 2 is 1.58 bits per heavy atom. The minimum atomic E-state index is -4.77. The molecule has 0 aromatic heterocycles. The van der Waals surface area contributed by atoms with Crippen LogP contribution < -0.4 is 5.32 Å². The summed E-state index contributed by atoms with van der Waals surface area (Å²) in [5.41, 5.74) is -2.09. The van der Waals surface area contributed by atoms with Gasteiger partial charge in [-0.05, 0) is 53.4 Å². The van der Waals surface area contributed by atoms with E-state index >= 15 is 0 Å². The molecule has 0 amide bonds. The van der Waals surface area contributed by atoms with Crippen molar-refractivity contribution in [3.63, 3.8) is 0 Å². The Labute approximate surface area is 173 Å². The number of aliphatic carboxylic acids is 1. The number of carbonyl (C=O) groups is 2. The number of nitrogens with one attached hydrogen (secondary N) is 1. The van der Waals surface area contributed by atoms with Gasteiger partial charge >= 0.3 is 18.3 Å². The Morgan fingerprint density at radius 3 is 2.13 bits per heavy atom. The molecule has 0 atom stereocenters. The summed E-state index contributed by atoms with van der Waals surface area (Å²) < 4.78 is 79.4. The van der Waals surface area contributed by atoms with Crippen molar-refractivity contribution < 1.29 is 41.0 Å². The van der Waals surface area contributed by atoms with Crippen molar-refractivity contribution >= 4 is 11.8 Å². The molecule has 0 saturated carbocycles. The Hall–Kier alpha value is -2.88. The van der Waals surface area contributed by atoms with Crippen LogP contribution in [0.4, 0.5) is 26.3 Å². The van der Waals surface area contributed by atoms with Gasteiger partial charge in [0.15, 0.2) is 0 Å². The molecular weight excluding hydrogens is 428 g/mol. The van der Waals surface area contributed by atoms with Gasteiger partial charge in [-0.2, -0.15) is 26.3 Å². The van der Waals surface area contributed by atoms with Gasteiger partial charge in [0.25, 0.3) is 0 Å². The lowest BCUT2D eigenvalue weighted by atomic mass is 9.93. The quantitative estimate of drug-likeness (QED) is 0.437. The fourth-order valence-electron chi connectivity index (χ4n) is 2.97. The lowest BCUT2D eigenvalue weighted by Gasteiger charge is -2.17. The second-order valence-corrected chi connectivity index (χ2v) is 6.99. The Balaban J connectivity index is 2.56. The van der Waals surface area contributed by atoms with E-state index in [0.29, 0.717) is 6.07 Å². The smallest absolute Gasteiger partial charge is 0.416 e. The van der Waals surface area contributed by atoms with Crippen LogP contribution in [0.2, 0.25) is 0 Å². The summed E-state index contributed by atoms with van der Waals surface area (Å²) in [5.74, 6) is -1.48. The third-order valence-corrected chi connectivity index (χ3v) is 4.39. The molecule has 0 unspecified atom stereocenters. The predicted octanol–water partition coefficient (Wildman–Crippen LogP) is 5.09. The maximum Gasteiger partial charge on any atom is 0.416 e. The third kappa shape index (κ3) is 7.09. The number of Topliss-reactive ketones (excluding diaryl/α,β-unsaturated/α-hetero) is 1. The van der Waals surface area contributed by atoms with Crippen molar-refractivity contribution in [3.8, 4) is 11.1 Å². The zero-order chi connectivity index (χ0) is 23.4. The van der Waals surface area contributed by atoms with Crippen LogP contribution in [-0.2, 0) is 34.9 Å². The Kier molecular flexibility index (Phi) is 7.48. The SMILES string of the molecule is CC(=O)CCNCc1cc(C(F)(F)F)ccc1-c1cc(CC(=O)O)cc(C(F)(F)F)c1. The minimum absolute atomic E-state index is 0.0526. The molecule has 10 heteroatoms. The van der Waals surface area contributed by atoms with Crippen molar-refractivity contribution in [2.24, 2.45) is 0 Å². The van der Waals surface area contributed by atoms with Crippen LogP contribution in [0.15, 0.2) is 36.4 Å². The number of rotatable bonds is 8. The van der Waals surface area contributed by atoms with Crippen LogP contribution in [0.1, 0.15) is 35.6 Å². The van der Waals surface area contributed by atoms with Crippen molar-refractivity contribution in [2.45, 2.75) is 38.7 Å². The van der Waals surface area contributed by atoms with Crippen LogP contribution in [0.5, 0.6) is 0 Å². The highest BCUT2D eigenvalue weighted by molar-refractivity contribution is 5.75. The summed E-state index contributed by atoms with van der Waals surface area (Å²) in [6.07, 6.45) is -9.96. The van der Waals surface area contributed by atoms with Gasteiger partial charge in [0.1, 0.15) is 5.78 Å². The summed E-state index contributed by atoms with van der Waals surface area (Å²) in [6, 6.07) is 5.33. The molecule has 168 valence electrons. The predicted molar refractivity (Wildman–Crippen MR) is 100 cm³/mol. The summed E-state index contributed by atoms with van der Waals surface area (Å²) in [6.45, 7) is 1.40. The maximum atomic E-state index is 13.3. The van der Waals surface area contributed by atoms with Gasteiger partial charge in [0.05, 0.1) is 17.5 Å². The normalized spacial score (nSPS) is 12.1. The van der Waals surface area contributed by atoms with Crippen LogP contribution in [-0.4, -0.2) is 23.4 Å². The number of alkyl halides is 6. The molecule has 2 aromatic rings. The number of hydrogen-bond acceptors (Lipinski definition) is 3. The Bertz CT molecular complexity index is 967. The van der Waals surface area contributed by atoms with Crippen molar-refractivity contribution in [1.29, 1.82) is 0 Å². The van der Waals surface area contributed by atoms with Gasteiger partial charge in [0, 0.05) is 19.5 Å². The van der Waals surface area contributed by atoms with Gasteiger partial charge in [-0.25, -0.2) is 0 Å². The van der Waals surface area contributed by atoms with E-state index in [2.05, 4.69) is 5.32 Å². The first-order valence-corrected chi connectivity index (χ1v) is 9.11. The van der Waals surface area contributed by atoms with Gasteiger partial charge in [0.2, 0.25) is 0 Å². The van der Waals surface area contributed by atoms with E-state index in [1.165, 1.54) is 13.0 Å². The fraction of sp³-hybridized carbons (Fsp3) is 0.333. The highest BCUT2D eigenvalue weighted by Gasteiger charge is 2.33. The first-order chi connectivity index (χ1) is 14.3. The number of hydrogen-bond donors (Lipinski definition) is 2. The van der Waals surface area contributed by atoms with E-state index in [9.17, 15) is 35.9 Å². The van der Waals surface area contributed by atoms with Crippen molar-refractivity contribution in [3.05, 3.63) is 58.7 Å². The average Bonchev–Trinajstić information content (AvgIpc) is 2.62. The largest absolute Gasteiger partial charge is 0.481 e. The summed E-state index contributed by atoms with van der Waals surface area (Å²) >= 11 is 0. The fourth-order valence-corrected chi connectivity index (χ4v) is 2.97. The zero-order valence-electron chi connectivity index (χ0n) is 16.3. The Morgan fingerprint density at radius 1 is 0.935 bits per heavy atom. The lowest BCUT2D eigenvalue weighted by Crippen LogP contribution is -2.18. The molecule has 0 aliphatic heterocycles. The second kappa shape index (κ2) is 9.51. The second-order valence-electron chi connectivity index (χ2n) is 6.99. The molecule has 2 aromatic carbocycles. The molecule has 31 heavy (non-hydrogen) atoms. The van der Waals surface area contributed by atoms with Gasteiger partial charge < -0.3 is 10.4 Å². The van der Waals surface area contributed by atoms with Gasteiger partial charge in [-0.3, -0.25) is 9.59 Å². The average molecular weight is 447 g/mol. The first-order valence-electron chi connectivity index (χ1n) is 9.11.